The van der Waals surface area contributed by atoms with Crippen molar-refractivity contribution in [3.63, 3.8) is 0 Å². The molecule has 0 atom stereocenters. The normalized spacial score (nSPS) is 10.8. The fraction of sp³-hybridized carbons (Fsp3) is 0.385. The van der Waals surface area contributed by atoms with Gasteiger partial charge in [-0.2, -0.15) is 0 Å². The maximum Gasteiger partial charge on any atom is 0.0871 e. The van der Waals surface area contributed by atoms with Crippen LogP contribution in [-0.2, 0) is 19.4 Å². The summed E-state index contributed by atoms with van der Waals surface area (Å²) in [7, 11) is 0. The van der Waals surface area contributed by atoms with Crippen LogP contribution in [0.25, 0.3) is 0 Å². The van der Waals surface area contributed by atoms with Crippen LogP contribution < -0.4 is 5.73 Å². The summed E-state index contributed by atoms with van der Waals surface area (Å²) in [4.78, 5) is 0. The number of aromatic nitrogens is 3. The summed E-state index contributed by atoms with van der Waals surface area (Å²) in [6, 6.07) is 8.17. The Bertz CT molecular complexity index is 521. The molecule has 1 aromatic heterocycles. The molecule has 96 valence electrons. The van der Waals surface area contributed by atoms with E-state index < -0.39 is 0 Å². The highest BCUT2D eigenvalue weighted by molar-refractivity contribution is 9.10. The zero-order valence-corrected chi connectivity index (χ0v) is 12.0. The zero-order valence-electron chi connectivity index (χ0n) is 10.4. The van der Waals surface area contributed by atoms with Crippen molar-refractivity contribution in [3.05, 3.63) is 45.7 Å². The van der Waals surface area contributed by atoms with Gasteiger partial charge in [-0.3, -0.25) is 0 Å². The van der Waals surface area contributed by atoms with Crippen LogP contribution in [0.3, 0.4) is 0 Å². The van der Waals surface area contributed by atoms with Crippen LogP contribution in [0.4, 0.5) is 0 Å². The van der Waals surface area contributed by atoms with Crippen LogP contribution in [0.2, 0.25) is 0 Å². The molecule has 5 heteroatoms. The molecule has 1 heterocycles. The Morgan fingerprint density at radius 1 is 1.33 bits per heavy atom. The van der Waals surface area contributed by atoms with E-state index in [1.807, 2.05) is 22.9 Å². The first-order valence-electron chi connectivity index (χ1n) is 6.11. The second-order valence-corrected chi connectivity index (χ2v) is 4.98. The molecule has 4 nitrogen and oxygen atoms in total. The number of nitrogens with two attached hydrogens (primary N) is 1. The Morgan fingerprint density at radius 2 is 2.11 bits per heavy atom. The SMILES string of the molecule is CCc1c(CCN)nnn1Cc1ccccc1Br. The fourth-order valence-corrected chi connectivity index (χ4v) is 2.41. The van der Waals surface area contributed by atoms with E-state index in [-0.39, 0.29) is 0 Å². The van der Waals surface area contributed by atoms with E-state index in [4.69, 9.17) is 5.73 Å². The molecule has 0 aliphatic heterocycles. The number of hydrogen-bond donors (Lipinski definition) is 1. The second-order valence-electron chi connectivity index (χ2n) is 4.12. The average molecular weight is 309 g/mol. The Morgan fingerprint density at radius 3 is 2.78 bits per heavy atom. The highest BCUT2D eigenvalue weighted by Crippen LogP contribution is 2.18. The lowest BCUT2D eigenvalue weighted by Crippen LogP contribution is -2.09. The molecule has 0 bridgehead atoms. The van der Waals surface area contributed by atoms with Crippen LogP contribution >= 0.6 is 15.9 Å². The number of nitrogens with zero attached hydrogens (tertiary/aromatic N) is 3. The fourth-order valence-electron chi connectivity index (χ4n) is 2.00. The summed E-state index contributed by atoms with van der Waals surface area (Å²) in [6.45, 7) is 3.47. The number of benzene rings is 1. The standard InChI is InChI=1S/C13H17BrN4/c1-2-13-12(7-8-15)16-17-18(13)9-10-5-3-4-6-11(10)14/h3-6H,2,7-9,15H2,1H3. The van der Waals surface area contributed by atoms with E-state index in [1.54, 1.807) is 0 Å². The molecule has 0 saturated carbocycles. The summed E-state index contributed by atoms with van der Waals surface area (Å²) in [6.07, 6.45) is 1.71. The summed E-state index contributed by atoms with van der Waals surface area (Å²) < 4.78 is 3.06. The van der Waals surface area contributed by atoms with Gasteiger partial charge in [0, 0.05) is 10.9 Å². The molecule has 0 fully saturated rings. The topological polar surface area (TPSA) is 56.7 Å². The van der Waals surface area contributed by atoms with Crippen LogP contribution in [0.5, 0.6) is 0 Å². The third-order valence-electron chi connectivity index (χ3n) is 2.91. The first kappa shape index (κ1) is 13.2. The van der Waals surface area contributed by atoms with E-state index in [2.05, 4.69) is 39.2 Å². The van der Waals surface area contributed by atoms with E-state index in [0.29, 0.717) is 6.54 Å². The predicted molar refractivity (Wildman–Crippen MR) is 75.4 cm³/mol. The van der Waals surface area contributed by atoms with Crippen molar-refractivity contribution in [3.8, 4) is 0 Å². The van der Waals surface area contributed by atoms with Crippen molar-refractivity contribution >= 4 is 15.9 Å². The molecule has 0 radical (unpaired) electrons. The highest BCUT2D eigenvalue weighted by atomic mass is 79.9. The van der Waals surface area contributed by atoms with Crippen molar-refractivity contribution in [1.82, 2.24) is 15.0 Å². The van der Waals surface area contributed by atoms with Gasteiger partial charge in [-0.1, -0.05) is 46.3 Å². The van der Waals surface area contributed by atoms with Gasteiger partial charge < -0.3 is 5.73 Å². The van der Waals surface area contributed by atoms with Gasteiger partial charge in [0.15, 0.2) is 0 Å². The summed E-state index contributed by atoms with van der Waals surface area (Å²) in [5.41, 5.74) is 8.99. The monoisotopic (exact) mass is 308 g/mol. The summed E-state index contributed by atoms with van der Waals surface area (Å²) >= 11 is 3.56. The lowest BCUT2D eigenvalue weighted by atomic mass is 10.2. The van der Waals surface area contributed by atoms with Crippen molar-refractivity contribution in [2.75, 3.05) is 6.54 Å². The molecule has 2 N–H and O–H groups in total. The van der Waals surface area contributed by atoms with E-state index in [9.17, 15) is 0 Å². The number of halogens is 1. The molecule has 2 rings (SSSR count). The van der Waals surface area contributed by atoms with Crippen LogP contribution in [0, 0.1) is 0 Å². The molecule has 2 aromatic rings. The van der Waals surface area contributed by atoms with E-state index in [0.717, 1.165) is 29.6 Å². The van der Waals surface area contributed by atoms with Crippen molar-refractivity contribution in [1.29, 1.82) is 0 Å². The lowest BCUT2D eigenvalue weighted by Gasteiger charge is -2.07. The smallest absolute Gasteiger partial charge is 0.0871 e. The Hall–Kier alpha value is -1.20. The number of hydrogen-bond acceptors (Lipinski definition) is 3. The molecule has 0 aliphatic rings. The minimum Gasteiger partial charge on any atom is -0.330 e. The molecule has 0 amide bonds. The highest BCUT2D eigenvalue weighted by Gasteiger charge is 2.11. The minimum absolute atomic E-state index is 0.612. The largest absolute Gasteiger partial charge is 0.330 e. The number of rotatable bonds is 5. The Labute approximate surface area is 115 Å². The Kier molecular flexibility index (Phi) is 4.49. The van der Waals surface area contributed by atoms with Gasteiger partial charge in [0.25, 0.3) is 0 Å². The third-order valence-corrected chi connectivity index (χ3v) is 3.69. The lowest BCUT2D eigenvalue weighted by molar-refractivity contribution is 0.620. The quantitative estimate of drug-likeness (QED) is 0.921. The molecule has 0 aliphatic carbocycles. The van der Waals surface area contributed by atoms with Gasteiger partial charge >= 0.3 is 0 Å². The van der Waals surface area contributed by atoms with Gasteiger partial charge in [-0.15, -0.1) is 5.10 Å². The zero-order chi connectivity index (χ0) is 13.0. The maximum atomic E-state index is 5.59. The van der Waals surface area contributed by atoms with Crippen molar-refractivity contribution < 1.29 is 0 Å². The van der Waals surface area contributed by atoms with Gasteiger partial charge in [0.2, 0.25) is 0 Å². The maximum absolute atomic E-state index is 5.59. The van der Waals surface area contributed by atoms with Crippen molar-refractivity contribution in [2.45, 2.75) is 26.3 Å². The van der Waals surface area contributed by atoms with E-state index in [1.165, 1.54) is 11.3 Å². The van der Waals surface area contributed by atoms with Gasteiger partial charge in [-0.05, 0) is 24.6 Å². The molecule has 0 unspecified atom stereocenters. The molecule has 18 heavy (non-hydrogen) atoms. The minimum atomic E-state index is 0.612. The van der Waals surface area contributed by atoms with Gasteiger partial charge in [0.1, 0.15) is 0 Å². The molecular formula is C13H17BrN4. The van der Waals surface area contributed by atoms with Crippen LogP contribution in [0.15, 0.2) is 28.7 Å². The van der Waals surface area contributed by atoms with Crippen LogP contribution in [-0.4, -0.2) is 21.5 Å². The third kappa shape index (κ3) is 2.79. The molecule has 1 aromatic carbocycles. The first-order chi connectivity index (χ1) is 8.76. The molecule has 0 spiro atoms. The van der Waals surface area contributed by atoms with Gasteiger partial charge in [0.05, 0.1) is 17.9 Å². The average Bonchev–Trinajstić information content (AvgIpc) is 2.75. The Balaban J connectivity index is 2.27. The van der Waals surface area contributed by atoms with Gasteiger partial charge in [-0.25, -0.2) is 4.68 Å². The van der Waals surface area contributed by atoms with Crippen molar-refractivity contribution in [2.24, 2.45) is 5.73 Å². The predicted octanol–water partition coefficient (Wildman–Crippen LogP) is 2.15. The second kappa shape index (κ2) is 6.11. The molecular weight excluding hydrogens is 292 g/mol. The molecule has 0 saturated heterocycles. The van der Waals surface area contributed by atoms with E-state index >= 15 is 0 Å². The summed E-state index contributed by atoms with van der Waals surface area (Å²) in [5, 5.41) is 8.45. The summed E-state index contributed by atoms with van der Waals surface area (Å²) in [5.74, 6) is 0. The first-order valence-corrected chi connectivity index (χ1v) is 6.90. The van der Waals surface area contributed by atoms with Crippen LogP contribution in [0.1, 0.15) is 23.9 Å².